The van der Waals surface area contributed by atoms with Gasteiger partial charge in [0.1, 0.15) is 0 Å². The molecule has 0 aliphatic carbocycles. The van der Waals surface area contributed by atoms with Crippen LogP contribution in [0.2, 0.25) is 0 Å². The molecule has 1 atom stereocenters. The van der Waals surface area contributed by atoms with Crippen molar-refractivity contribution in [2.75, 3.05) is 25.0 Å². The highest BCUT2D eigenvalue weighted by atomic mass is 16.3. The third-order valence-electron chi connectivity index (χ3n) is 3.39. The Morgan fingerprint density at radius 2 is 1.86 bits per heavy atom. The van der Waals surface area contributed by atoms with Crippen molar-refractivity contribution in [2.24, 2.45) is 0 Å². The molecule has 0 fully saturated rings. The van der Waals surface area contributed by atoms with Crippen molar-refractivity contribution >= 4 is 11.6 Å². The topological polar surface area (TPSA) is 52.6 Å². The average Bonchev–Trinajstić information content (AvgIpc) is 2.53. The number of benzene rings is 1. The number of hydrogen-bond acceptors (Lipinski definition) is 3. The lowest BCUT2D eigenvalue weighted by molar-refractivity contribution is -0.115. The normalized spacial score (nSPS) is 12.0. The van der Waals surface area contributed by atoms with Gasteiger partial charge in [0.25, 0.3) is 0 Å². The molecule has 2 N–H and O–H groups in total. The van der Waals surface area contributed by atoms with Crippen molar-refractivity contribution in [1.82, 2.24) is 4.90 Å². The summed E-state index contributed by atoms with van der Waals surface area (Å²) in [6.45, 7) is 11.6. The van der Waals surface area contributed by atoms with Gasteiger partial charge in [0.2, 0.25) is 5.91 Å². The summed E-state index contributed by atoms with van der Waals surface area (Å²) in [4.78, 5) is 13.5. The van der Waals surface area contributed by atoms with Crippen molar-refractivity contribution < 1.29 is 9.90 Å². The van der Waals surface area contributed by atoms with Crippen LogP contribution in [0.25, 0.3) is 0 Å². The van der Waals surface area contributed by atoms with Crippen LogP contribution in [0.1, 0.15) is 31.4 Å². The minimum atomic E-state index is -0.520. The van der Waals surface area contributed by atoms with E-state index in [2.05, 4.69) is 23.4 Å². The van der Waals surface area contributed by atoms with E-state index in [0.717, 1.165) is 30.9 Å². The number of rotatable bonds is 10. The number of aliphatic hydroxyl groups excluding tert-OH is 1. The molecule has 0 bridgehead atoms. The summed E-state index contributed by atoms with van der Waals surface area (Å²) >= 11 is 0. The van der Waals surface area contributed by atoms with E-state index < -0.39 is 6.10 Å². The van der Waals surface area contributed by atoms with Crippen LogP contribution in [0.3, 0.4) is 0 Å². The van der Waals surface area contributed by atoms with Gasteiger partial charge in [-0.2, -0.15) is 0 Å². The standard InChI is InChI=1S/C18H26N2O2/c1-4-12-20(13-5-2)14-11-17(21)15-7-9-16(10-8-15)19-18(22)6-3/h4-5,7-10,17,21H,1-2,6,11-14H2,3H3,(H,19,22). The molecule has 22 heavy (non-hydrogen) atoms. The second-order valence-corrected chi connectivity index (χ2v) is 5.17. The van der Waals surface area contributed by atoms with Crippen molar-refractivity contribution in [3.05, 3.63) is 55.1 Å². The van der Waals surface area contributed by atoms with Gasteiger partial charge in [-0.3, -0.25) is 9.69 Å². The third-order valence-corrected chi connectivity index (χ3v) is 3.39. The average molecular weight is 302 g/mol. The van der Waals surface area contributed by atoms with Gasteiger partial charge in [0.15, 0.2) is 0 Å². The van der Waals surface area contributed by atoms with Crippen LogP contribution in [0.5, 0.6) is 0 Å². The number of amides is 1. The molecule has 0 aliphatic rings. The van der Waals surface area contributed by atoms with Crippen LogP contribution in [0, 0.1) is 0 Å². The molecule has 1 aromatic carbocycles. The van der Waals surface area contributed by atoms with Crippen LogP contribution < -0.4 is 5.32 Å². The van der Waals surface area contributed by atoms with Crippen LogP contribution in [-0.4, -0.2) is 35.5 Å². The minimum Gasteiger partial charge on any atom is -0.388 e. The van der Waals surface area contributed by atoms with Gasteiger partial charge in [0, 0.05) is 31.7 Å². The quantitative estimate of drug-likeness (QED) is 0.653. The van der Waals surface area contributed by atoms with Crippen LogP contribution in [0.15, 0.2) is 49.6 Å². The molecule has 4 heteroatoms. The van der Waals surface area contributed by atoms with Gasteiger partial charge in [-0.25, -0.2) is 0 Å². The lowest BCUT2D eigenvalue weighted by Gasteiger charge is -2.20. The number of carbonyl (C=O) groups is 1. The molecular formula is C18H26N2O2. The smallest absolute Gasteiger partial charge is 0.224 e. The van der Waals surface area contributed by atoms with Gasteiger partial charge in [-0.05, 0) is 24.1 Å². The molecule has 0 aromatic heterocycles. The Kier molecular flexibility index (Phi) is 8.18. The zero-order chi connectivity index (χ0) is 16.4. The lowest BCUT2D eigenvalue weighted by Crippen LogP contribution is -2.26. The number of nitrogens with zero attached hydrogens (tertiary/aromatic N) is 1. The van der Waals surface area contributed by atoms with Crippen molar-refractivity contribution in [1.29, 1.82) is 0 Å². The first-order valence-corrected chi connectivity index (χ1v) is 7.62. The van der Waals surface area contributed by atoms with E-state index in [1.807, 2.05) is 43.3 Å². The van der Waals surface area contributed by atoms with Gasteiger partial charge in [-0.15, -0.1) is 13.2 Å². The molecule has 0 spiro atoms. The first-order valence-electron chi connectivity index (χ1n) is 7.62. The maximum atomic E-state index is 11.3. The fourth-order valence-corrected chi connectivity index (χ4v) is 2.13. The minimum absolute atomic E-state index is 0.0159. The summed E-state index contributed by atoms with van der Waals surface area (Å²) in [5.74, 6) is -0.0159. The maximum absolute atomic E-state index is 11.3. The Hall–Kier alpha value is -1.91. The zero-order valence-electron chi connectivity index (χ0n) is 13.3. The van der Waals surface area contributed by atoms with E-state index in [4.69, 9.17) is 0 Å². The number of anilines is 1. The molecule has 0 aliphatic heterocycles. The van der Waals surface area contributed by atoms with E-state index in [0.29, 0.717) is 12.8 Å². The number of carbonyl (C=O) groups excluding carboxylic acids is 1. The van der Waals surface area contributed by atoms with Crippen LogP contribution in [-0.2, 0) is 4.79 Å². The zero-order valence-corrected chi connectivity index (χ0v) is 13.3. The Morgan fingerprint density at radius 1 is 1.27 bits per heavy atom. The van der Waals surface area contributed by atoms with Crippen LogP contribution >= 0.6 is 0 Å². The van der Waals surface area contributed by atoms with Crippen molar-refractivity contribution in [3.8, 4) is 0 Å². The second kappa shape index (κ2) is 9.92. The molecule has 0 heterocycles. The predicted octanol–water partition coefficient (Wildman–Crippen LogP) is 3.13. The predicted molar refractivity (Wildman–Crippen MR) is 91.8 cm³/mol. The number of nitrogens with one attached hydrogen (secondary N) is 1. The van der Waals surface area contributed by atoms with Gasteiger partial charge in [-0.1, -0.05) is 31.2 Å². The molecular weight excluding hydrogens is 276 g/mol. The molecule has 1 rings (SSSR count). The lowest BCUT2D eigenvalue weighted by atomic mass is 10.1. The molecule has 0 saturated heterocycles. The summed E-state index contributed by atoms with van der Waals surface area (Å²) < 4.78 is 0. The van der Waals surface area contributed by atoms with E-state index in [1.165, 1.54) is 0 Å². The highest BCUT2D eigenvalue weighted by Crippen LogP contribution is 2.19. The van der Waals surface area contributed by atoms with E-state index in [-0.39, 0.29) is 5.91 Å². The third kappa shape index (κ3) is 6.24. The number of hydrogen-bond donors (Lipinski definition) is 2. The maximum Gasteiger partial charge on any atom is 0.224 e. The first kappa shape index (κ1) is 18.1. The van der Waals surface area contributed by atoms with Gasteiger partial charge in [0.05, 0.1) is 6.10 Å². The molecule has 1 aromatic rings. The Balaban J connectivity index is 2.54. The highest BCUT2D eigenvalue weighted by molar-refractivity contribution is 5.90. The van der Waals surface area contributed by atoms with Crippen molar-refractivity contribution in [2.45, 2.75) is 25.9 Å². The van der Waals surface area contributed by atoms with Crippen LogP contribution in [0.4, 0.5) is 5.69 Å². The summed E-state index contributed by atoms with van der Waals surface area (Å²) in [7, 11) is 0. The fraction of sp³-hybridized carbons (Fsp3) is 0.389. The van der Waals surface area contributed by atoms with Crippen molar-refractivity contribution in [3.63, 3.8) is 0 Å². The summed E-state index contributed by atoms with van der Waals surface area (Å²) in [5.41, 5.74) is 1.61. The highest BCUT2D eigenvalue weighted by Gasteiger charge is 2.10. The fourth-order valence-electron chi connectivity index (χ4n) is 2.13. The Labute approximate surface area is 133 Å². The van der Waals surface area contributed by atoms with E-state index in [9.17, 15) is 9.90 Å². The molecule has 1 unspecified atom stereocenters. The first-order chi connectivity index (χ1) is 10.6. The molecule has 0 saturated carbocycles. The summed E-state index contributed by atoms with van der Waals surface area (Å²) in [6.07, 6.45) is 4.27. The summed E-state index contributed by atoms with van der Waals surface area (Å²) in [6, 6.07) is 7.33. The molecule has 120 valence electrons. The van der Waals surface area contributed by atoms with E-state index in [1.54, 1.807) is 0 Å². The monoisotopic (exact) mass is 302 g/mol. The Morgan fingerprint density at radius 3 is 2.36 bits per heavy atom. The Bertz CT molecular complexity index is 472. The molecule has 4 nitrogen and oxygen atoms in total. The van der Waals surface area contributed by atoms with Gasteiger partial charge >= 0.3 is 0 Å². The number of aliphatic hydroxyl groups is 1. The SMILES string of the molecule is C=CCN(CC=C)CCC(O)c1ccc(NC(=O)CC)cc1. The molecule has 1 amide bonds. The van der Waals surface area contributed by atoms with E-state index >= 15 is 0 Å². The van der Waals surface area contributed by atoms with Gasteiger partial charge < -0.3 is 10.4 Å². The largest absolute Gasteiger partial charge is 0.388 e. The molecule has 0 radical (unpaired) electrons. The summed E-state index contributed by atoms with van der Waals surface area (Å²) in [5, 5.41) is 13.0. The second-order valence-electron chi connectivity index (χ2n) is 5.17.